The molecule has 1 saturated carbocycles. The zero-order valence-electron chi connectivity index (χ0n) is 9.67. The Kier molecular flexibility index (Phi) is 3.01. The summed E-state index contributed by atoms with van der Waals surface area (Å²) in [6.45, 7) is 3.82. The van der Waals surface area contributed by atoms with Crippen LogP contribution < -0.4 is 5.73 Å². The van der Waals surface area contributed by atoms with Crippen LogP contribution in [-0.4, -0.2) is 29.9 Å². The van der Waals surface area contributed by atoms with Gasteiger partial charge in [0.1, 0.15) is 0 Å². The molecule has 1 aliphatic carbocycles. The van der Waals surface area contributed by atoms with Crippen LogP contribution in [0.4, 0.5) is 0 Å². The van der Waals surface area contributed by atoms with Crippen molar-refractivity contribution in [2.45, 2.75) is 51.5 Å². The average Bonchev–Trinajstić information content (AvgIpc) is 2.67. The van der Waals surface area contributed by atoms with Crippen LogP contribution >= 0.6 is 0 Å². The van der Waals surface area contributed by atoms with Crippen LogP contribution in [0.25, 0.3) is 0 Å². The molecule has 2 fully saturated rings. The third-order valence-electron chi connectivity index (χ3n) is 4.26. The molecule has 2 atom stereocenters. The average molecular weight is 210 g/mol. The van der Waals surface area contributed by atoms with Crippen LogP contribution in [0.5, 0.6) is 0 Å². The summed E-state index contributed by atoms with van der Waals surface area (Å²) in [5.74, 6) is 0.354. The van der Waals surface area contributed by atoms with Crippen molar-refractivity contribution in [2.24, 2.45) is 11.1 Å². The van der Waals surface area contributed by atoms with Gasteiger partial charge in [-0.15, -0.1) is 0 Å². The van der Waals surface area contributed by atoms with Gasteiger partial charge in [-0.1, -0.05) is 13.3 Å². The summed E-state index contributed by atoms with van der Waals surface area (Å²) in [6, 6.07) is 0.448. The number of hydrogen-bond acceptors (Lipinski definition) is 2. The van der Waals surface area contributed by atoms with Gasteiger partial charge in [0.05, 0.1) is 0 Å². The highest BCUT2D eigenvalue weighted by Gasteiger charge is 2.48. The minimum absolute atomic E-state index is 0.267. The van der Waals surface area contributed by atoms with Gasteiger partial charge < -0.3 is 10.6 Å². The van der Waals surface area contributed by atoms with E-state index in [4.69, 9.17) is 5.73 Å². The van der Waals surface area contributed by atoms with Crippen molar-refractivity contribution in [2.75, 3.05) is 13.1 Å². The first kappa shape index (κ1) is 10.9. The standard InChI is InChI=1S/C12H22N2O/c1-2-8-14-10-4-3-6-12(10,9-13)7-5-11(14)15/h10H,2-9,13H2,1H3. The minimum atomic E-state index is 0.267. The number of likely N-dealkylation sites (tertiary alicyclic amines) is 1. The van der Waals surface area contributed by atoms with Crippen LogP contribution in [0.1, 0.15) is 45.4 Å². The summed E-state index contributed by atoms with van der Waals surface area (Å²) in [6.07, 6.45) is 6.43. The molecule has 15 heavy (non-hydrogen) atoms. The van der Waals surface area contributed by atoms with E-state index in [-0.39, 0.29) is 5.41 Å². The Hall–Kier alpha value is -0.570. The number of nitrogens with zero attached hydrogens (tertiary/aromatic N) is 1. The number of fused-ring (bicyclic) bond motifs is 1. The summed E-state index contributed by atoms with van der Waals surface area (Å²) in [5, 5.41) is 0. The lowest BCUT2D eigenvalue weighted by atomic mass is 9.74. The Morgan fingerprint density at radius 2 is 2.33 bits per heavy atom. The fourth-order valence-corrected chi connectivity index (χ4v) is 3.43. The molecule has 1 amide bonds. The van der Waals surface area contributed by atoms with Gasteiger partial charge in [-0.25, -0.2) is 0 Å². The van der Waals surface area contributed by atoms with E-state index in [0.29, 0.717) is 18.4 Å². The normalized spacial score (nSPS) is 35.7. The van der Waals surface area contributed by atoms with Crippen molar-refractivity contribution in [3.63, 3.8) is 0 Å². The molecule has 1 saturated heterocycles. The van der Waals surface area contributed by atoms with Crippen molar-refractivity contribution in [1.82, 2.24) is 4.90 Å². The van der Waals surface area contributed by atoms with Crippen molar-refractivity contribution < 1.29 is 4.79 Å². The molecule has 2 unspecified atom stereocenters. The monoisotopic (exact) mass is 210 g/mol. The van der Waals surface area contributed by atoms with E-state index < -0.39 is 0 Å². The fraction of sp³-hybridized carbons (Fsp3) is 0.917. The second-order valence-corrected chi connectivity index (χ2v) is 5.06. The molecular weight excluding hydrogens is 188 g/mol. The molecule has 2 N–H and O–H groups in total. The van der Waals surface area contributed by atoms with E-state index in [1.165, 1.54) is 19.3 Å². The van der Waals surface area contributed by atoms with Crippen LogP contribution in [0.15, 0.2) is 0 Å². The van der Waals surface area contributed by atoms with Gasteiger partial charge in [0.2, 0.25) is 5.91 Å². The maximum absolute atomic E-state index is 11.9. The van der Waals surface area contributed by atoms with Crippen molar-refractivity contribution in [1.29, 1.82) is 0 Å². The number of rotatable bonds is 3. The van der Waals surface area contributed by atoms with Crippen molar-refractivity contribution >= 4 is 5.91 Å². The van der Waals surface area contributed by atoms with E-state index in [0.717, 1.165) is 25.9 Å². The number of carbonyl (C=O) groups is 1. The number of hydrogen-bond donors (Lipinski definition) is 1. The molecular formula is C12H22N2O. The molecule has 2 aliphatic rings. The zero-order valence-corrected chi connectivity index (χ0v) is 9.67. The molecule has 0 spiro atoms. The SMILES string of the molecule is CCCN1C(=O)CCC2(CN)CCCC12. The molecule has 1 heterocycles. The van der Waals surface area contributed by atoms with Crippen molar-refractivity contribution in [3.8, 4) is 0 Å². The highest BCUT2D eigenvalue weighted by Crippen LogP contribution is 2.47. The Morgan fingerprint density at radius 3 is 3.00 bits per heavy atom. The van der Waals surface area contributed by atoms with Gasteiger partial charge in [-0.3, -0.25) is 4.79 Å². The highest BCUT2D eigenvalue weighted by molar-refractivity contribution is 5.77. The molecule has 1 aliphatic heterocycles. The lowest BCUT2D eigenvalue weighted by molar-refractivity contribution is -0.141. The highest BCUT2D eigenvalue weighted by atomic mass is 16.2. The number of nitrogens with two attached hydrogens (primary N) is 1. The predicted octanol–water partition coefficient (Wildman–Crippen LogP) is 1.52. The van der Waals surface area contributed by atoms with Crippen LogP contribution in [0.3, 0.4) is 0 Å². The smallest absolute Gasteiger partial charge is 0.222 e. The van der Waals surface area contributed by atoms with Crippen molar-refractivity contribution in [3.05, 3.63) is 0 Å². The summed E-state index contributed by atoms with van der Waals surface area (Å²) >= 11 is 0. The zero-order chi connectivity index (χ0) is 10.9. The lowest BCUT2D eigenvalue weighted by Gasteiger charge is -2.45. The lowest BCUT2D eigenvalue weighted by Crippen LogP contribution is -2.55. The second-order valence-electron chi connectivity index (χ2n) is 5.06. The maximum atomic E-state index is 11.9. The largest absolute Gasteiger partial charge is 0.339 e. The quantitative estimate of drug-likeness (QED) is 0.767. The van der Waals surface area contributed by atoms with E-state index in [1.54, 1.807) is 0 Å². The third kappa shape index (κ3) is 1.67. The van der Waals surface area contributed by atoms with Gasteiger partial charge in [0.15, 0.2) is 0 Å². The first-order chi connectivity index (χ1) is 7.23. The molecule has 0 radical (unpaired) electrons. The number of amides is 1. The Balaban J connectivity index is 2.19. The van der Waals surface area contributed by atoms with Gasteiger partial charge >= 0.3 is 0 Å². The second kappa shape index (κ2) is 4.12. The molecule has 0 aromatic rings. The Labute approximate surface area is 92.0 Å². The fourth-order valence-electron chi connectivity index (χ4n) is 3.43. The first-order valence-electron chi connectivity index (χ1n) is 6.23. The molecule has 86 valence electrons. The molecule has 2 rings (SSSR count). The minimum Gasteiger partial charge on any atom is -0.339 e. The third-order valence-corrected chi connectivity index (χ3v) is 4.26. The molecule has 3 nitrogen and oxygen atoms in total. The number of piperidine rings is 1. The van der Waals surface area contributed by atoms with Gasteiger partial charge in [0.25, 0.3) is 0 Å². The molecule has 0 aromatic heterocycles. The Morgan fingerprint density at radius 1 is 1.53 bits per heavy atom. The molecule has 0 bridgehead atoms. The van der Waals surface area contributed by atoms with E-state index >= 15 is 0 Å². The first-order valence-corrected chi connectivity index (χ1v) is 6.23. The van der Waals surface area contributed by atoms with E-state index in [9.17, 15) is 4.79 Å². The number of carbonyl (C=O) groups excluding carboxylic acids is 1. The van der Waals surface area contributed by atoms with Gasteiger partial charge in [-0.2, -0.15) is 0 Å². The maximum Gasteiger partial charge on any atom is 0.222 e. The topological polar surface area (TPSA) is 46.3 Å². The van der Waals surface area contributed by atoms with E-state index in [1.807, 2.05) is 0 Å². The summed E-state index contributed by atoms with van der Waals surface area (Å²) in [7, 11) is 0. The Bertz CT molecular complexity index is 254. The van der Waals surface area contributed by atoms with Gasteiger partial charge in [0, 0.05) is 24.4 Å². The van der Waals surface area contributed by atoms with Crippen LogP contribution in [0.2, 0.25) is 0 Å². The molecule has 3 heteroatoms. The van der Waals surface area contributed by atoms with Gasteiger partial charge in [-0.05, 0) is 32.2 Å². The van der Waals surface area contributed by atoms with Crippen LogP contribution in [-0.2, 0) is 4.79 Å². The van der Waals surface area contributed by atoms with E-state index in [2.05, 4.69) is 11.8 Å². The summed E-state index contributed by atoms with van der Waals surface area (Å²) in [5.41, 5.74) is 6.21. The van der Waals surface area contributed by atoms with Crippen LogP contribution in [0, 0.1) is 5.41 Å². The summed E-state index contributed by atoms with van der Waals surface area (Å²) in [4.78, 5) is 14.0. The summed E-state index contributed by atoms with van der Waals surface area (Å²) < 4.78 is 0. The predicted molar refractivity (Wildman–Crippen MR) is 60.4 cm³/mol. The molecule has 0 aromatic carbocycles.